The highest BCUT2D eigenvalue weighted by Gasteiger charge is 2.49. The van der Waals surface area contributed by atoms with Crippen molar-refractivity contribution in [3.8, 4) is 11.1 Å². The zero-order chi connectivity index (χ0) is 23.3. The van der Waals surface area contributed by atoms with Crippen LogP contribution in [0.5, 0.6) is 0 Å². The first-order chi connectivity index (χ1) is 16.5. The first-order valence-electron chi connectivity index (χ1n) is 12.0. The van der Waals surface area contributed by atoms with Gasteiger partial charge in [-0.3, -0.25) is 9.59 Å². The van der Waals surface area contributed by atoms with Gasteiger partial charge in [-0.1, -0.05) is 53.7 Å². The Labute approximate surface area is 214 Å². The fourth-order valence-corrected chi connectivity index (χ4v) is 6.12. The normalized spacial score (nSPS) is 24.3. The third-order valence-electron chi connectivity index (χ3n) is 7.75. The molecule has 1 aliphatic carbocycles. The van der Waals surface area contributed by atoms with Crippen molar-refractivity contribution in [2.75, 3.05) is 31.5 Å². The van der Waals surface area contributed by atoms with E-state index >= 15 is 0 Å². The molecule has 1 atom stereocenters. The molecule has 3 aliphatic heterocycles. The van der Waals surface area contributed by atoms with E-state index in [4.69, 9.17) is 9.26 Å². The first-order valence-corrected chi connectivity index (χ1v) is 12.0. The van der Waals surface area contributed by atoms with Gasteiger partial charge >= 0.3 is 5.97 Å². The van der Waals surface area contributed by atoms with E-state index in [1.165, 1.54) is 0 Å². The van der Waals surface area contributed by atoms with Crippen LogP contribution in [0.1, 0.15) is 35.6 Å². The number of quaternary nitrogens is 1. The van der Waals surface area contributed by atoms with Gasteiger partial charge in [0.2, 0.25) is 0 Å². The lowest BCUT2D eigenvalue weighted by Gasteiger charge is -2.51. The van der Waals surface area contributed by atoms with E-state index in [0.29, 0.717) is 35.1 Å². The maximum atomic E-state index is 13.6. The summed E-state index contributed by atoms with van der Waals surface area (Å²) in [6.07, 6.45) is 1.76. The van der Waals surface area contributed by atoms with E-state index < -0.39 is 5.92 Å². The predicted octanol–water partition coefficient (Wildman–Crippen LogP) is 0.890. The van der Waals surface area contributed by atoms with E-state index in [9.17, 15) is 9.59 Å². The molecule has 3 aromatic rings. The Morgan fingerprint density at radius 1 is 1.06 bits per heavy atom. The molecule has 1 N–H and O–H groups in total. The highest BCUT2D eigenvalue weighted by Crippen LogP contribution is 2.46. The molecular weight excluding hydrogens is 510 g/mol. The molecule has 0 radical (unpaired) electrons. The number of fused-ring (bicyclic) bond motifs is 6. The van der Waals surface area contributed by atoms with Crippen LogP contribution in [0.2, 0.25) is 0 Å². The number of aryl methyl sites for hydroxylation is 1. The van der Waals surface area contributed by atoms with Crippen molar-refractivity contribution in [3.63, 3.8) is 0 Å². The van der Waals surface area contributed by atoms with E-state index in [1.807, 2.05) is 36.4 Å². The van der Waals surface area contributed by atoms with Crippen LogP contribution in [-0.2, 0) is 14.3 Å². The number of ether oxygens (including phenoxy) is 1. The fraction of sp³-hybridized carbons (Fsp3) is 0.370. The number of amides is 1. The average Bonchev–Trinajstić information content (AvgIpc) is 3.40. The second-order valence-electron chi connectivity index (χ2n) is 9.92. The number of aromatic nitrogens is 1. The SMILES string of the molecule is Cc1cc(NC(=O)C[N+]23CCC(CC2)C(OC(=O)C2c4ccccc4-c4ccccc42)C3)no1.[Br-]. The van der Waals surface area contributed by atoms with Crippen LogP contribution in [0, 0.1) is 12.8 Å². The standard InChI is InChI=1S/C27H27N3O4.BrH/c1-17-14-24(29-34-17)28-25(31)16-30-12-10-18(11-13-30)23(15-30)33-27(32)26-21-8-4-2-6-19(21)20-7-3-5-9-22(20)26;/h2-9,14,18,23,26H,10-13,15-16H2,1H3;1H. The van der Waals surface area contributed by atoms with Crippen molar-refractivity contribution in [1.82, 2.24) is 5.16 Å². The van der Waals surface area contributed by atoms with E-state index in [-0.39, 0.29) is 35.0 Å². The minimum atomic E-state index is -0.394. The van der Waals surface area contributed by atoms with Gasteiger partial charge in [-0.15, -0.1) is 0 Å². The Kier molecular flexibility index (Phi) is 6.27. The number of esters is 1. The summed E-state index contributed by atoms with van der Waals surface area (Å²) in [5.74, 6) is 0.790. The first kappa shape index (κ1) is 23.8. The van der Waals surface area contributed by atoms with Crippen molar-refractivity contribution in [3.05, 3.63) is 71.5 Å². The number of anilines is 1. The van der Waals surface area contributed by atoms with Gasteiger partial charge in [0.25, 0.3) is 5.91 Å². The molecule has 1 aromatic heterocycles. The van der Waals surface area contributed by atoms with Crippen LogP contribution in [0.4, 0.5) is 5.82 Å². The molecule has 182 valence electrons. The largest absolute Gasteiger partial charge is 1.00 e. The summed E-state index contributed by atoms with van der Waals surface area (Å²) in [5, 5.41) is 6.70. The number of halogens is 1. The van der Waals surface area contributed by atoms with Crippen molar-refractivity contribution < 1.29 is 40.3 Å². The Morgan fingerprint density at radius 2 is 1.69 bits per heavy atom. The maximum absolute atomic E-state index is 13.6. The van der Waals surface area contributed by atoms with E-state index in [2.05, 4.69) is 22.6 Å². The molecule has 35 heavy (non-hydrogen) atoms. The van der Waals surface area contributed by atoms with Crippen LogP contribution in [0.25, 0.3) is 11.1 Å². The number of hydrogen-bond donors (Lipinski definition) is 1. The highest BCUT2D eigenvalue weighted by atomic mass is 79.9. The second-order valence-corrected chi connectivity index (χ2v) is 9.92. The molecule has 8 heteroatoms. The van der Waals surface area contributed by atoms with Gasteiger partial charge in [-0.25, -0.2) is 0 Å². The molecule has 1 unspecified atom stereocenters. The maximum Gasteiger partial charge on any atom is 0.318 e. The molecule has 4 aliphatic rings. The number of rotatable bonds is 5. The topological polar surface area (TPSA) is 81.4 Å². The summed E-state index contributed by atoms with van der Waals surface area (Å²) >= 11 is 0. The number of carbonyl (C=O) groups is 2. The number of piperidine rings is 3. The summed E-state index contributed by atoms with van der Waals surface area (Å²) < 4.78 is 11.9. The molecule has 4 heterocycles. The van der Waals surface area contributed by atoms with Gasteiger partial charge in [0.05, 0.1) is 13.1 Å². The van der Waals surface area contributed by atoms with Crippen LogP contribution < -0.4 is 22.3 Å². The Hall–Kier alpha value is -2.97. The zero-order valence-corrected chi connectivity index (χ0v) is 21.2. The van der Waals surface area contributed by atoms with Gasteiger partial charge < -0.3 is 36.0 Å². The fourth-order valence-electron chi connectivity index (χ4n) is 6.12. The van der Waals surface area contributed by atoms with Gasteiger partial charge in [0.15, 0.2) is 18.5 Å². The molecule has 7 nitrogen and oxygen atoms in total. The number of nitrogens with zero attached hydrogens (tertiary/aromatic N) is 2. The second kappa shape index (κ2) is 9.24. The summed E-state index contributed by atoms with van der Waals surface area (Å²) in [6, 6.07) is 17.9. The highest BCUT2D eigenvalue weighted by molar-refractivity contribution is 5.93. The predicted molar refractivity (Wildman–Crippen MR) is 126 cm³/mol. The number of carbonyl (C=O) groups excluding carboxylic acids is 2. The minimum Gasteiger partial charge on any atom is -1.00 e. The molecule has 2 aromatic carbocycles. The smallest absolute Gasteiger partial charge is 0.318 e. The Morgan fingerprint density at radius 3 is 2.29 bits per heavy atom. The van der Waals surface area contributed by atoms with Crippen molar-refractivity contribution in [2.24, 2.45) is 5.92 Å². The summed E-state index contributed by atoms with van der Waals surface area (Å²) in [5.41, 5.74) is 4.25. The van der Waals surface area contributed by atoms with Crippen molar-refractivity contribution >= 4 is 17.7 Å². The Balaban J connectivity index is 0.00000253. The van der Waals surface area contributed by atoms with Crippen LogP contribution in [0.15, 0.2) is 59.1 Å². The summed E-state index contributed by atoms with van der Waals surface area (Å²) in [6.45, 7) is 4.68. The third-order valence-corrected chi connectivity index (χ3v) is 7.75. The molecule has 0 spiro atoms. The summed E-state index contributed by atoms with van der Waals surface area (Å²) in [4.78, 5) is 26.3. The average molecular weight is 538 g/mol. The molecule has 3 saturated heterocycles. The number of benzene rings is 2. The van der Waals surface area contributed by atoms with Crippen LogP contribution in [0.3, 0.4) is 0 Å². The molecule has 2 bridgehead atoms. The van der Waals surface area contributed by atoms with Crippen LogP contribution >= 0.6 is 0 Å². The zero-order valence-electron chi connectivity index (χ0n) is 19.6. The van der Waals surface area contributed by atoms with Crippen molar-refractivity contribution in [1.29, 1.82) is 0 Å². The molecule has 1 amide bonds. The molecule has 0 saturated carbocycles. The lowest BCUT2D eigenvalue weighted by Crippen LogP contribution is -3.00. The number of nitrogens with one attached hydrogen (secondary N) is 1. The van der Waals surface area contributed by atoms with Gasteiger partial charge in [-0.2, -0.15) is 0 Å². The third kappa shape index (κ3) is 4.29. The molecule has 3 fully saturated rings. The van der Waals surface area contributed by atoms with Gasteiger partial charge in [0.1, 0.15) is 18.2 Å². The minimum absolute atomic E-state index is 0. The number of hydrogen-bond acceptors (Lipinski definition) is 5. The van der Waals surface area contributed by atoms with E-state index in [0.717, 1.165) is 48.2 Å². The Bertz CT molecular complexity index is 1220. The molecule has 7 rings (SSSR count). The lowest BCUT2D eigenvalue weighted by molar-refractivity contribution is -0.938. The molecular formula is C27H28BrN3O4. The summed E-state index contributed by atoms with van der Waals surface area (Å²) in [7, 11) is 0. The van der Waals surface area contributed by atoms with E-state index in [1.54, 1.807) is 13.0 Å². The lowest BCUT2D eigenvalue weighted by atomic mass is 9.83. The van der Waals surface area contributed by atoms with Crippen molar-refractivity contribution in [2.45, 2.75) is 31.8 Å². The monoisotopic (exact) mass is 537 g/mol. The van der Waals surface area contributed by atoms with Gasteiger partial charge in [0, 0.05) is 24.8 Å². The van der Waals surface area contributed by atoms with Crippen LogP contribution in [-0.4, -0.2) is 53.8 Å². The van der Waals surface area contributed by atoms with Gasteiger partial charge in [-0.05, 0) is 29.2 Å². The quantitative estimate of drug-likeness (QED) is 0.386.